The number of hydrogen-bond acceptors (Lipinski definition) is 21. The molecule has 0 aliphatic rings. The van der Waals surface area contributed by atoms with Gasteiger partial charge in [0.25, 0.3) is 0 Å². The van der Waals surface area contributed by atoms with Gasteiger partial charge in [0, 0.05) is 92.1 Å². The van der Waals surface area contributed by atoms with Gasteiger partial charge < -0.3 is 107 Å². The average Bonchev–Trinajstić information content (AvgIpc) is 1.51. The van der Waals surface area contributed by atoms with Gasteiger partial charge in [0.05, 0.1) is 19.6 Å². The smallest absolute Gasteiger partial charge is 0.245 e. The van der Waals surface area contributed by atoms with E-state index in [2.05, 4.69) is 86.7 Å². The fraction of sp³-hybridized carbons (Fsp3) is 0.481. The van der Waals surface area contributed by atoms with E-state index in [0.717, 1.165) is 24.6 Å². The van der Waals surface area contributed by atoms with E-state index in [1.807, 2.05) is 18.2 Å². The van der Waals surface area contributed by atoms with Crippen molar-refractivity contribution in [3.63, 3.8) is 0 Å². The molecule has 23 N–H and O–H groups in total. The predicted molar refractivity (Wildman–Crippen MR) is 441 cm³/mol. The minimum absolute atomic E-state index is 0.122. The Morgan fingerprint density at radius 2 is 0.924 bits per heavy atom. The molecule has 17 amide bonds. The first-order valence-corrected chi connectivity index (χ1v) is 38.9. The second kappa shape index (κ2) is 45.0. The molecule has 642 valence electrons. The van der Waals surface area contributed by atoms with Crippen LogP contribution in [0, 0.1) is 0 Å². The molecule has 11 atom stereocenters. The van der Waals surface area contributed by atoms with Gasteiger partial charge in [-0.1, -0.05) is 72.8 Å². The van der Waals surface area contributed by atoms with Crippen molar-refractivity contribution in [2.75, 3.05) is 20.2 Å². The maximum absolute atomic E-state index is 15.4. The minimum Gasteiger partial charge on any atom is -0.497 e. The summed E-state index contributed by atoms with van der Waals surface area (Å²) in [4.78, 5) is 236. The number of aromatic amines is 1. The van der Waals surface area contributed by atoms with E-state index in [1.165, 1.54) is 55.6 Å². The van der Waals surface area contributed by atoms with Crippen LogP contribution in [-0.4, -0.2) is 212 Å². The number of methoxy groups -OCH3 is 1. The maximum Gasteiger partial charge on any atom is 0.245 e. The number of aliphatic hydroxyl groups is 1. The first-order valence-electron chi connectivity index (χ1n) is 38.0. The maximum atomic E-state index is 15.4. The molecule has 37 nitrogen and oxygen atoms in total. The van der Waals surface area contributed by atoms with Gasteiger partial charge in [-0.05, 0) is 126 Å². The minimum atomic E-state index is -1.96. The Bertz CT molecular complexity index is 4470. The molecule has 5 rings (SSSR count). The SMILES string of the molecule is COc1ccc(C[C@H](NC(=O)[C@@H](NC(=O)[C@H](CCC(N)=O)NC(=O)[C@H](Cc2c[nH]c3ccccc23)NC(=O)[C@@H](NC(=O)[C@H](CCC(N)=O)NC(=O)[C@@H](NC(C)=O)C(C)(C)S)[C@@H](C)O)C(C)(C)S)C(=O)N[C@@H](Cc2ccc3ccccc3c2)C(=O)NC(C)(C)C(=O)N[C@@H](CCCCNC(C)=O)C(=O)N[C@@H](CC(N)=O)C(=O)NCCC(N)=O)cc1. The molecular weight excluding hydrogens is 1570 g/mol. The Morgan fingerprint density at radius 1 is 0.449 bits per heavy atom. The fourth-order valence-corrected chi connectivity index (χ4v) is 12.7. The van der Waals surface area contributed by atoms with E-state index in [1.54, 1.807) is 79.0 Å². The van der Waals surface area contributed by atoms with Crippen LogP contribution in [0.4, 0.5) is 0 Å². The second-order valence-corrected chi connectivity index (χ2v) is 32.6. The quantitative estimate of drug-likeness (QED) is 0.0143. The van der Waals surface area contributed by atoms with Crippen molar-refractivity contribution in [3.05, 3.63) is 114 Å². The number of carbonyl (C=O) groups is 17. The molecule has 0 saturated heterocycles. The Kier molecular flexibility index (Phi) is 36.9. The van der Waals surface area contributed by atoms with E-state index >= 15 is 24.0 Å². The van der Waals surface area contributed by atoms with Crippen LogP contribution >= 0.6 is 25.3 Å². The molecule has 0 aliphatic carbocycles. The summed E-state index contributed by atoms with van der Waals surface area (Å²) in [7, 11) is 1.42. The molecule has 39 heteroatoms. The molecule has 0 aliphatic heterocycles. The van der Waals surface area contributed by atoms with Gasteiger partial charge in [0.1, 0.15) is 71.7 Å². The Hall–Kier alpha value is -11.9. The zero-order chi connectivity index (χ0) is 88.1. The molecule has 1 heterocycles. The van der Waals surface area contributed by atoms with E-state index in [9.17, 15) is 62.6 Å². The normalized spacial score (nSPS) is 14.3. The van der Waals surface area contributed by atoms with Crippen molar-refractivity contribution >= 4 is 147 Å². The standard InChI is InChI=1S/C79H110N18O19S2/c1-41(98)63(95-68(107)53(28-30-59(80)101)89-74(113)64(78(6,7)117)87-43(3)100)73(112)92-57(38-48-40-86-51-20-14-13-19-50(48)51)71(110)88-54(29-31-60(81)102)69(108)96-65(79(8,9)118)75(114)93-55(36-44-23-26-49(116-10)27-24-44)70(109)90-56(37-45-22-25-46-17-11-12-18-47(46)35-45)72(111)97-77(4,5)76(115)94-52(21-15-16-33-84-42(2)99)67(106)91-58(39-62(83)104)66(105)85-34-32-61(82)103/h11-14,17-20,22-27,35,40-41,52-58,63-65,86,98,117-118H,15-16,21,28-34,36-39H2,1-10H3,(H2,80,101)(H2,81,102)(H2,82,103)(H2,83,104)(H,84,99)(H,85,105)(H,87,100)(H,88,110)(H,89,113)(H,90,109)(H,91,106)(H,92,112)(H,93,114)(H,94,115)(H,95,107)(H,96,108)(H,97,111)/t41-,52+,53+,54+,55+,56+,57+,58+,63+,64-,65-/m1/s1. The number of amides is 17. The highest BCUT2D eigenvalue weighted by atomic mass is 32.1. The number of ether oxygens (including phenoxy) is 1. The molecule has 1 aromatic heterocycles. The summed E-state index contributed by atoms with van der Waals surface area (Å²) in [5, 5.41) is 46.5. The number of nitrogens with one attached hydrogen (secondary N) is 14. The number of primary amides is 4. The zero-order valence-electron chi connectivity index (χ0n) is 67.5. The molecule has 0 spiro atoms. The van der Waals surface area contributed by atoms with Gasteiger partial charge in [0.15, 0.2) is 0 Å². The summed E-state index contributed by atoms with van der Waals surface area (Å²) < 4.78 is 2.57. The molecule has 0 radical (unpaired) electrons. The topological polar surface area (TPSA) is 596 Å². The summed E-state index contributed by atoms with van der Waals surface area (Å²) in [6.45, 7) is 12.0. The Labute approximate surface area is 693 Å². The first-order chi connectivity index (χ1) is 55.3. The number of rotatable bonds is 48. The number of fused-ring (bicyclic) bond motifs is 2. The van der Waals surface area contributed by atoms with Crippen LogP contribution in [0.1, 0.15) is 137 Å². The number of para-hydroxylation sites is 1. The van der Waals surface area contributed by atoms with Crippen LogP contribution in [0.5, 0.6) is 5.75 Å². The molecule has 4 aromatic carbocycles. The van der Waals surface area contributed by atoms with E-state index in [-0.39, 0.29) is 57.5 Å². The number of benzene rings is 4. The number of H-pyrrole nitrogens is 1. The highest BCUT2D eigenvalue weighted by Crippen LogP contribution is 2.25. The largest absolute Gasteiger partial charge is 0.497 e. The lowest BCUT2D eigenvalue weighted by atomic mass is 9.97. The molecule has 118 heavy (non-hydrogen) atoms. The second-order valence-electron chi connectivity index (χ2n) is 30.3. The van der Waals surface area contributed by atoms with Crippen LogP contribution in [0.25, 0.3) is 21.7 Å². The number of thiol groups is 2. The number of unbranched alkanes of at least 4 members (excludes halogenated alkanes) is 1. The fourth-order valence-electron chi connectivity index (χ4n) is 12.3. The van der Waals surface area contributed by atoms with Gasteiger partial charge in [-0.25, -0.2) is 0 Å². The third-order valence-electron chi connectivity index (χ3n) is 18.7. The summed E-state index contributed by atoms with van der Waals surface area (Å²) in [6, 6.07) is 9.20. The van der Waals surface area contributed by atoms with Crippen molar-refractivity contribution in [1.29, 1.82) is 0 Å². The molecule has 0 unspecified atom stereocenters. The van der Waals surface area contributed by atoms with Crippen LogP contribution in [0.3, 0.4) is 0 Å². The highest BCUT2D eigenvalue weighted by Gasteiger charge is 2.43. The predicted octanol–water partition coefficient (Wildman–Crippen LogP) is -2.38. The number of carbonyl (C=O) groups excluding carboxylic acids is 17. The van der Waals surface area contributed by atoms with Crippen molar-refractivity contribution in [3.8, 4) is 5.75 Å². The average molecular weight is 1680 g/mol. The number of aromatic nitrogens is 1. The number of nitrogens with two attached hydrogens (primary N) is 4. The summed E-state index contributed by atoms with van der Waals surface area (Å²) in [5.74, 6) is -15.5. The van der Waals surface area contributed by atoms with Crippen molar-refractivity contribution in [2.24, 2.45) is 22.9 Å². The van der Waals surface area contributed by atoms with Crippen LogP contribution in [0.2, 0.25) is 0 Å². The monoisotopic (exact) mass is 1680 g/mol. The van der Waals surface area contributed by atoms with Crippen molar-refractivity contribution in [1.82, 2.24) is 74.1 Å². The molecule has 0 bridgehead atoms. The van der Waals surface area contributed by atoms with Crippen molar-refractivity contribution < 1.29 is 91.4 Å². The highest BCUT2D eigenvalue weighted by molar-refractivity contribution is 7.82. The number of hydrogen-bond donors (Lipinski definition) is 21. The van der Waals surface area contributed by atoms with Gasteiger partial charge >= 0.3 is 0 Å². The van der Waals surface area contributed by atoms with E-state index in [0.29, 0.717) is 39.8 Å². The molecular formula is C79H110N18O19S2. The summed E-state index contributed by atoms with van der Waals surface area (Å²) in [5.41, 5.74) is 21.7. The van der Waals surface area contributed by atoms with Gasteiger partial charge in [-0.15, -0.1) is 0 Å². The van der Waals surface area contributed by atoms with Gasteiger partial charge in [-0.3, -0.25) is 81.5 Å². The molecule has 5 aromatic rings. The molecule has 0 fully saturated rings. The van der Waals surface area contributed by atoms with Crippen LogP contribution < -0.4 is 96.8 Å². The third kappa shape index (κ3) is 31.6. The first kappa shape index (κ1) is 96.7. The van der Waals surface area contributed by atoms with Gasteiger partial charge in [0.2, 0.25) is 100 Å². The zero-order valence-corrected chi connectivity index (χ0v) is 69.3. The van der Waals surface area contributed by atoms with Gasteiger partial charge in [-0.2, -0.15) is 25.3 Å². The van der Waals surface area contributed by atoms with Crippen molar-refractivity contribution in [2.45, 2.75) is 221 Å². The lowest BCUT2D eigenvalue weighted by Gasteiger charge is -2.33. The third-order valence-corrected chi connectivity index (χ3v) is 19.3. The van der Waals surface area contributed by atoms with E-state index < -0.39 is 208 Å². The van der Waals surface area contributed by atoms with E-state index in [4.69, 9.17) is 40.3 Å². The van der Waals surface area contributed by atoms with Crippen LogP contribution in [-0.2, 0) is 101 Å². The lowest BCUT2D eigenvalue weighted by Crippen LogP contribution is -2.64. The number of aliphatic hydroxyl groups excluding tert-OH is 1. The summed E-state index contributed by atoms with van der Waals surface area (Å²) >= 11 is 9.16. The Morgan fingerprint density at radius 3 is 1.48 bits per heavy atom. The van der Waals surface area contributed by atoms with Crippen LogP contribution in [0.15, 0.2) is 97.2 Å². The molecule has 0 saturated carbocycles. The Balaban J connectivity index is 1.51. The summed E-state index contributed by atoms with van der Waals surface area (Å²) in [6.07, 6.45) is -3.80. The lowest BCUT2D eigenvalue weighted by molar-refractivity contribution is -0.138.